The Morgan fingerprint density at radius 1 is 1.30 bits per heavy atom. The summed E-state index contributed by atoms with van der Waals surface area (Å²) < 4.78 is 40.0. The van der Waals surface area contributed by atoms with Gasteiger partial charge in [0.05, 0.1) is 6.04 Å². The van der Waals surface area contributed by atoms with E-state index >= 15 is 0 Å². The molecule has 1 aromatic carbocycles. The number of carbonyl (C=O) groups is 1. The number of hydrogen-bond acceptors (Lipinski definition) is 3. The van der Waals surface area contributed by atoms with Gasteiger partial charge in [-0.2, -0.15) is 0 Å². The summed E-state index contributed by atoms with van der Waals surface area (Å²) in [6, 6.07) is 4.25. The number of nitrogens with one attached hydrogen (secondary N) is 1. The van der Waals surface area contributed by atoms with Crippen molar-refractivity contribution in [3.8, 4) is 5.75 Å². The van der Waals surface area contributed by atoms with Gasteiger partial charge in [-0.15, -0.1) is 13.2 Å². The third kappa shape index (κ3) is 5.08. The molecule has 3 N–H and O–H groups in total. The van der Waals surface area contributed by atoms with E-state index in [2.05, 4.69) is 10.1 Å². The first-order valence-corrected chi connectivity index (χ1v) is 5.91. The van der Waals surface area contributed by atoms with Crippen molar-refractivity contribution in [2.24, 2.45) is 11.1 Å². The molecule has 0 fully saturated rings. The minimum absolute atomic E-state index is 0.191. The highest BCUT2D eigenvalue weighted by atomic mass is 19.4. The lowest BCUT2D eigenvalue weighted by Gasteiger charge is -2.25. The minimum atomic E-state index is -4.77. The van der Waals surface area contributed by atoms with Crippen molar-refractivity contribution in [3.05, 3.63) is 24.3 Å². The maximum absolute atomic E-state index is 12.1. The van der Waals surface area contributed by atoms with Crippen molar-refractivity contribution in [2.45, 2.75) is 33.2 Å². The van der Waals surface area contributed by atoms with Crippen molar-refractivity contribution in [3.63, 3.8) is 0 Å². The summed E-state index contributed by atoms with van der Waals surface area (Å²) in [6.45, 7) is 5.38. The van der Waals surface area contributed by atoms with Crippen LogP contribution >= 0.6 is 0 Å². The van der Waals surface area contributed by atoms with E-state index in [9.17, 15) is 18.0 Å². The van der Waals surface area contributed by atoms with Crippen LogP contribution in [0.3, 0.4) is 0 Å². The number of hydrogen-bond donors (Lipinski definition) is 2. The van der Waals surface area contributed by atoms with E-state index in [4.69, 9.17) is 5.73 Å². The fourth-order valence-corrected chi connectivity index (χ4v) is 1.38. The van der Waals surface area contributed by atoms with Gasteiger partial charge in [-0.05, 0) is 17.5 Å². The highest BCUT2D eigenvalue weighted by Gasteiger charge is 2.31. The molecule has 0 bridgehead atoms. The number of alkyl halides is 3. The maximum Gasteiger partial charge on any atom is 0.573 e. The molecule has 7 heteroatoms. The van der Waals surface area contributed by atoms with Gasteiger partial charge in [-0.25, -0.2) is 0 Å². The summed E-state index contributed by atoms with van der Waals surface area (Å²) in [5.41, 5.74) is 5.50. The van der Waals surface area contributed by atoms with Crippen LogP contribution in [-0.2, 0) is 4.79 Å². The molecule has 1 aromatic rings. The monoisotopic (exact) mass is 290 g/mol. The highest BCUT2D eigenvalue weighted by molar-refractivity contribution is 5.95. The zero-order chi connectivity index (χ0) is 15.6. The first kappa shape index (κ1) is 16.3. The predicted molar refractivity (Wildman–Crippen MR) is 69.2 cm³/mol. The molecule has 1 rings (SSSR count). The van der Waals surface area contributed by atoms with Gasteiger partial charge in [0.25, 0.3) is 0 Å². The molecule has 0 radical (unpaired) electrons. The smallest absolute Gasteiger partial charge is 0.406 e. The van der Waals surface area contributed by atoms with Crippen molar-refractivity contribution in [1.82, 2.24) is 0 Å². The summed E-state index contributed by atoms with van der Waals surface area (Å²) in [7, 11) is 0. The lowest BCUT2D eigenvalue weighted by molar-refractivity contribution is -0.274. The Kier molecular flexibility index (Phi) is 4.65. The molecule has 0 heterocycles. The SMILES string of the molecule is CC(C)(C)[C@@H](N)C(=O)Nc1cccc(OC(F)(F)F)c1. The van der Waals surface area contributed by atoms with E-state index in [1.54, 1.807) is 20.8 Å². The second-order valence-electron chi connectivity index (χ2n) is 5.41. The number of halogens is 3. The standard InChI is InChI=1S/C13H17F3N2O2/c1-12(2,3)10(17)11(19)18-8-5-4-6-9(7-8)20-13(14,15)16/h4-7,10H,17H2,1-3H3,(H,18,19)/t10-/m0/s1. The Hall–Kier alpha value is -1.76. The van der Waals surface area contributed by atoms with Crippen molar-refractivity contribution in [1.29, 1.82) is 0 Å². The maximum atomic E-state index is 12.1. The largest absolute Gasteiger partial charge is 0.573 e. The summed E-state index contributed by atoms with van der Waals surface area (Å²) >= 11 is 0. The Balaban J connectivity index is 2.79. The van der Waals surface area contributed by atoms with Crippen LogP contribution in [0.4, 0.5) is 18.9 Å². The third-order valence-electron chi connectivity index (χ3n) is 2.55. The molecule has 0 aromatic heterocycles. The van der Waals surface area contributed by atoms with Gasteiger partial charge < -0.3 is 15.8 Å². The first-order chi connectivity index (χ1) is 8.99. The zero-order valence-electron chi connectivity index (χ0n) is 11.4. The average Bonchev–Trinajstić information content (AvgIpc) is 2.24. The number of nitrogens with two attached hydrogens (primary N) is 1. The lowest BCUT2D eigenvalue weighted by atomic mass is 9.87. The molecule has 4 nitrogen and oxygen atoms in total. The molecular weight excluding hydrogens is 273 g/mol. The molecule has 20 heavy (non-hydrogen) atoms. The Labute approximate surface area is 115 Å². The van der Waals surface area contributed by atoms with E-state index in [1.165, 1.54) is 12.1 Å². The van der Waals surface area contributed by atoms with E-state index in [1.807, 2.05) is 0 Å². The van der Waals surface area contributed by atoms with Crippen LogP contribution in [0, 0.1) is 5.41 Å². The fraction of sp³-hybridized carbons (Fsp3) is 0.462. The van der Waals surface area contributed by atoms with Crippen molar-refractivity contribution >= 4 is 11.6 Å². The average molecular weight is 290 g/mol. The number of ether oxygens (including phenoxy) is 1. The van der Waals surface area contributed by atoms with Crippen LogP contribution < -0.4 is 15.8 Å². The van der Waals surface area contributed by atoms with Crippen LogP contribution in [0.5, 0.6) is 5.75 Å². The van der Waals surface area contributed by atoms with Gasteiger partial charge in [0.2, 0.25) is 5.91 Å². The molecule has 0 aliphatic heterocycles. The Morgan fingerprint density at radius 2 is 1.90 bits per heavy atom. The van der Waals surface area contributed by atoms with E-state index in [0.717, 1.165) is 12.1 Å². The van der Waals surface area contributed by atoms with Crippen LogP contribution in [-0.4, -0.2) is 18.3 Å². The second kappa shape index (κ2) is 5.70. The van der Waals surface area contributed by atoms with Gasteiger partial charge >= 0.3 is 6.36 Å². The number of rotatable bonds is 3. The van der Waals surface area contributed by atoms with Gasteiger partial charge in [0.1, 0.15) is 5.75 Å². The number of carbonyl (C=O) groups excluding carboxylic acids is 1. The van der Waals surface area contributed by atoms with Crippen molar-refractivity contribution in [2.75, 3.05) is 5.32 Å². The van der Waals surface area contributed by atoms with E-state index in [0.29, 0.717) is 0 Å². The second-order valence-corrected chi connectivity index (χ2v) is 5.41. The summed E-state index contributed by atoms with van der Waals surface area (Å²) in [5.74, 6) is -0.874. The highest BCUT2D eigenvalue weighted by Crippen LogP contribution is 2.25. The van der Waals surface area contributed by atoms with Gasteiger partial charge in [0, 0.05) is 11.8 Å². The fourth-order valence-electron chi connectivity index (χ4n) is 1.38. The Bertz CT molecular complexity index is 481. The molecule has 0 saturated carbocycles. The molecule has 1 amide bonds. The van der Waals surface area contributed by atoms with Gasteiger partial charge in [-0.3, -0.25) is 4.79 Å². The molecule has 0 aliphatic carbocycles. The molecule has 1 atom stereocenters. The molecular formula is C13H17F3N2O2. The molecule has 0 spiro atoms. The summed E-state index contributed by atoms with van der Waals surface area (Å²) in [4.78, 5) is 11.9. The number of anilines is 1. The van der Waals surface area contributed by atoms with Crippen LogP contribution in [0.15, 0.2) is 24.3 Å². The summed E-state index contributed by atoms with van der Waals surface area (Å²) in [5, 5.41) is 2.46. The van der Waals surface area contributed by atoms with Crippen LogP contribution in [0.25, 0.3) is 0 Å². The topological polar surface area (TPSA) is 64.4 Å². The van der Waals surface area contributed by atoms with Crippen LogP contribution in [0.1, 0.15) is 20.8 Å². The molecule has 112 valence electrons. The lowest BCUT2D eigenvalue weighted by Crippen LogP contribution is -2.45. The summed E-state index contributed by atoms with van der Waals surface area (Å²) in [6.07, 6.45) is -4.77. The van der Waals surface area contributed by atoms with E-state index < -0.39 is 29.5 Å². The van der Waals surface area contributed by atoms with Gasteiger partial charge in [0.15, 0.2) is 0 Å². The van der Waals surface area contributed by atoms with Crippen molar-refractivity contribution < 1.29 is 22.7 Å². The molecule has 0 unspecified atom stereocenters. The third-order valence-corrected chi connectivity index (χ3v) is 2.55. The number of amides is 1. The first-order valence-electron chi connectivity index (χ1n) is 5.91. The zero-order valence-corrected chi connectivity index (χ0v) is 11.4. The molecule has 0 saturated heterocycles. The minimum Gasteiger partial charge on any atom is -0.406 e. The quantitative estimate of drug-likeness (QED) is 0.899. The number of benzene rings is 1. The van der Waals surface area contributed by atoms with E-state index in [-0.39, 0.29) is 5.69 Å². The normalized spacial score (nSPS) is 13.8. The molecule has 0 aliphatic rings. The predicted octanol–water partition coefficient (Wildman–Crippen LogP) is 2.90. The van der Waals surface area contributed by atoms with Crippen LogP contribution in [0.2, 0.25) is 0 Å². The Morgan fingerprint density at radius 3 is 2.40 bits per heavy atom. The van der Waals surface area contributed by atoms with Gasteiger partial charge in [-0.1, -0.05) is 26.8 Å².